The Morgan fingerprint density at radius 1 is 1.53 bits per heavy atom. The van der Waals surface area contributed by atoms with Gasteiger partial charge in [-0.3, -0.25) is 0 Å². The average molecular weight is 233 g/mol. The molecule has 0 saturated heterocycles. The number of pyridine rings is 1. The van der Waals surface area contributed by atoms with Gasteiger partial charge in [-0.15, -0.1) is 0 Å². The number of rotatable bonds is 6. The van der Waals surface area contributed by atoms with Gasteiger partial charge in [0, 0.05) is 12.2 Å². The third kappa shape index (κ3) is 5.50. The minimum absolute atomic E-state index is 0.553. The zero-order valence-electron chi connectivity index (χ0n) is 11.0. The molecule has 0 aliphatic rings. The largest absolute Gasteiger partial charge is 0.383 e. The summed E-state index contributed by atoms with van der Waals surface area (Å²) in [5, 5.41) is 3.39. The molecule has 0 spiro atoms. The zero-order valence-corrected chi connectivity index (χ0v) is 11.0. The van der Waals surface area contributed by atoms with Crippen LogP contribution in [-0.4, -0.2) is 17.6 Å². The van der Waals surface area contributed by atoms with Crippen LogP contribution in [0.3, 0.4) is 0 Å². The number of anilines is 1. The van der Waals surface area contributed by atoms with Crippen LogP contribution in [0.2, 0.25) is 0 Å². The molecule has 0 aromatic carbocycles. The van der Waals surface area contributed by atoms with Crippen LogP contribution in [0.15, 0.2) is 30.0 Å². The van der Waals surface area contributed by atoms with Gasteiger partial charge in [-0.05, 0) is 37.9 Å². The highest BCUT2D eigenvalue weighted by Gasteiger charge is 1.99. The van der Waals surface area contributed by atoms with Gasteiger partial charge < -0.3 is 11.1 Å². The van der Waals surface area contributed by atoms with Gasteiger partial charge >= 0.3 is 0 Å². The second kappa shape index (κ2) is 7.07. The van der Waals surface area contributed by atoms with Crippen molar-refractivity contribution in [3.63, 3.8) is 0 Å². The maximum Gasteiger partial charge on any atom is 0.126 e. The number of nitrogens with one attached hydrogen (secondary N) is 1. The Hall–Kier alpha value is -1.35. The summed E-state index contributed by atoms with van der Waals surface area (Å²) in [6, 6.07) is 4.52. The number of nitrogens with two attached hydrogens (primary N) is 1. The molecular weight excluding hydrogens is 210 g/mol. The predicted molar refractivity (Wildman–Crippen MR) is 73.9 cm³/mol. The molecule has 1 aromatic rings. The highest BCUT2D eigenvalue weighted by Crippen LogP contribution is 2.12. The molecule has 3 heteroatoms. The number of nitrogen functional groups attached to an aromatic ring is 1. The minimum atomic E-state index is 0.553. The molecule has 0 unspecified atom stereocenters. The first kappa shape index (κ1) is 13.7. The first-order valence-electron chi connectivity index (χ1n) is 6.18. The van der Waals surface area contributed by atoms with Crippen molar-refractivity contribution in [1.82, 2.24) is 10.3 Å². The van der Waals surface area contributed by atoms with Crippen LogP contribution in [0, 0.1) is 0 Å². The summed E-state index contributed by atoms with van der Waals surface area (Å²) < 4.78 is 0. The molecule has 0 bridgehead atoms. The van der Waals surface area contributed by atoms with Crippen LogP contribution in [0.25, 0.3) is 0 Å². The number of hydrogen-bond acceptors (Lipinski definition) is 3. The molecule has 0 atom stereocenters. The maximum atomic E-state index is 5.81. The first-order chi connectivity index (χ1) is 8.09. The monoisotopic (exact) mass is 233 g/mol. The fourth-order valence-electron chi connectivity index (χ4n) is 1.66. The van der Waals surface area contributed by atoms with Gasteiger partial charge in [0.05, 0.1) is 0 Å². The molecule has 0 saturated carbocycles. The van der Waals surface area contributed by atoms with E-state index in [-0.39, 0.29) is 0 Å². The fourth-order valence-corrected chi connectivity index (χ4v) is 1.66. The molecule has 0 fully saturated rings. The van der Waals surface area contributed by atoms with Crippen molar-refractivity contribution >= 4 is 5.82 Å². The van der Waals surface area contributed by atoms with E-state index in [9.17, 15) is 0 Å². The smallest absolute Gasteiger partial charge is 0.126 e. The Kier molecular flexibility index (Phi) is 5.70. The van der Waals surface area contributed by atoms with E-state index in [1.807, 2.05) is 12.1 Å². The van der Waals surface area contributed by atoms with Crippen molar-refractivity contribution in [2.45, 2.75) is 39.7 Å². The number of nitrogens with zero attached hydrogens (tertiary/aromatic N) is 1. The molecular formula is C14H23N3. The molecule has 94 valence electrons. The molecule has 1 heterocycles. The van der Waals surface area contributed by atoms with Crippen molar-refractivity contribution in [2.75, 3.05) is 12.3 Å². The molecule has 0 aliphatic heterocycles. The van der Waals surface area contributed by atoms with Crippen LogP contribution in [0.4, 0.5) is 5.82 Å². The van der Waals surface area contributed by atoms with E-state index < -0.39 is 0 Å². The third-order valence-corrected chi connectivity index (χ3v) is 2.59. The van der Waals surface area contributed by atoms with Gasteiger partial charge in [0.15, 0.2) is 0 Å². The van der Waals surface area contributed by atoms with Crippen molar-refractivity contribution < 1.29 is 0 Å². The second-order valence-corrected chi connectivity index (χ2v) is 4.67. The summed E-state index contributed by atoms with van der Waals surface area (Å²) in [5.41, 5.74) is 8.26. The van der Waals surface area contributed by atoms with Crippen molar-refractivity contribution in [3.8, 4) is 0 Å². The quantitative estimate of drug-likeness (QED) is 0.586. The molecule has 3 nitrogen and oxygen atoms in total. The van der Waals surface area contributed by atoms with E-state index in [1.165, 1.54) is 5.57 Å². The summed E-state index contributed by atoms with van der Waals surface area (Å²) in [5.74, 6) is 0.639. The number of allylic oxidation sites excluding steroid dienone is 1. The minimum Gasteiger partial charge on any atom is -0.383 e. The van der Waals surface area contributed by atoms with E-state index >= 15 is 0 Å². The maximum absolute atomic E-state index is 5.81. The lowest BCUT2D eigenvalue weighted by Crippen LogP contribution is -2.23. The standard InChI is InChI=1S/C14H23N3/c1-11(2)16-8-4-6-12(3)10-13-7-5-9-17-14(13)15/h5-7,9,11,16H,4,8,10H2,1-3H3,(H2,15,17). The second-order valence-electron chi connectivity index (χ2n) is 4.67. The van der Waals surface area contributed by atoms with Crippen molar-refractivity contribution in [3.05, 3.63) is 35.5 Å². The van der Waals surface area contributed by atoms with E-state index in [4.69, 9.17) is 5.73 Å². The molecule has 0 aliphatic carbocycles. The van der Waals surface area contributed by atoms with Crippen LogP contribution in [0.1, 0.15) is 32.8 Å². The van der Waals surface area contributed by atoms with Crippen molar-refractivity contribution in [2.24, 2.45) is 0 Å². The van der Waals surface area contributed by atoms with Crippen LogP contribution >= 0.6 is 0 Å². The molecule has 0 radical (unpaired) electrons. The highest BCUT2D eigenvalue weighted by molar-refractivity contribution is 5.40. The van der Waals surface area contributed by atoms with E-state index in [1.54, 1.807) is 6.20 Å². The zero-order chi connectivity index (χ0) is 12.7. The first-order valence-corrected chi connectivity index (χ1v) is 6.18. The predicted octanol–water partition coefficient (Wildman–Crippen LogP) is 2.54. The highest BCUT2D eigenvalue weighted by atomic mass is 14.9. The lowest BCUT2D eigenvalue weighted by atomic mass is 10.1. The third-order valence-electron chi connectivity index (χ3n) is 2.59. The molecule has 17 heavy (non-hydrogen) atoms. The normalized spacial score (nSPS) is 12.1. The van der Waals surface area contributed by atoms with E-state index in [0.29, 0.717) is 11.9 Å². The molecule has 1 rings (SSSR count). The average Bonchev–Trinajstić information content (AvgIpc) is 2.27. The Morgan fingerprint density at radius 3 is 2.94 bits per heavy atom. The lowest BCUT2D eigenvalue weighted by Gasteiger charge is -2.07. The molecule has 0 amide bonds. The van der Waals surface area contributed by atoms with E-state index in [0.717, 1.165) is 24.9 Å². The topological polar surface area (TPSA) is 50.9 Å². The van der Waals surface area contributed by atoms with Crippen molar-refractivity contribution in [1.29, 1.82) is 0 Å². The molecule has 1 aromatic heterocycles. The van der Waals surface area contributed by atoms with Crippen LogP contribution in [-0.2, 0) is 6.42 Å². The summed E-state index contributed by atoms with van der Waals surface area (Å²) in [7, 11) is 0. The van der Waals surface area contributed by atoms with Crippen LogP contribution in [0.5, 0.6) is 0 Å². The number of aromatic nitrogens is 1. The number of hydrogen-bond donors (Lipinski definition) is 2. The Bertz CT molecular complexity index is 369. The Morgan fingerprint density at radius 2 is 2.29 bits per heavy atom. The van der Waals surface area contributed by atoms with Gasteiger partial charge in [-0.1, -0.05) is 31.6 Å². The summed E-state index contributed by atoms with van der Waals surface area (Å²) in [4.78, 5) is 4.09. The summed E-state index contributed by atoms with van der Waals surface area (Å²) in [6.45, 7) is 7.49. The van der Waals surface area contributed by atoms with Gasteiger partial charge in [-0.2, -0.15) is 0 Å². The molecule has 3 N–H and O–H groups in total. The van der Waals surface area contributed by atoms with Gasteiger partial charge in [0.2, 0.25) is 0 Å². The Balaban J connectivity index is 2.41. The lowest BCUT2D eigenvalue weighted by molar-refractivity contribution is 0.594. The fraction of sp³-hybridized carbons (Fsp3) is 0.500. The SMILES string of the molecule is CC(=CCCNC(C)C)Cc1cccnc1N. The summed E-state index contributed by atoms with van der Waals surface area (Å²) in [6.07, 6.45) is 5.94. The van der Waals surface area contributed by atoms with Gasteiger partial charge in [-0.25, -0.2) is 4.98 Å². The van der Waals surface area contributed by atoms with Crippen LogP contribution < -0.4 is 11.1 Å². The Labute approximate surface area is 104 Å². The van der Waals surface area contributed by atoms with E-state index in [2.05, 4.69) is 37.1 Å². The summed E-state index contributed by atoms with van der Waals surface area (Å²) >= 11 is 0. The van der Waals surface area contributed by atoms with Gasteiger partial charge in [0.25, 0.3) is 0 Å². The van der Waals surface area contributed by atoms with Gasteiger partial charge in [0.1, 0.15) is 5.82 Å².